The minimum atomic E-state index is -1.18. The molecule has 6 heteroatoms. The van der Waals surface area contributed by atoms with E-state index in [1.807, 2.05) is 30.3 Å². The number of hydrogen-bond acceptors (Lipinski definition) is 3. The molecule has 0 aliphatic rings. The number of ether oxygens (including phenoxy) is 1. The van der Waals surface area contributed by atoms with E-state index >= 15 is 0 Å². The van der Waals surface area contributed by atoms with Crippen molar-refractivity contribution in [3.05, 3.63) is 70.2 Å². The van der Waals surface area contributed by atoms with Crippen molar-refractivity contribution >= 4 is 28.0 Å². The predicted octanol–water partition coefficient (Wildman–Crippen LogP) is 3.50. The summed E-state index contributed by atoms with van der Waals surface area (Å²) < 4.78 is 5.64. The van der Waals surface area contributed by atoms with Crippen LogP contribution in [0.1, 0.15) is 17.2 Å². The summed E-state index contributed by atoms with van der Waals surface area (Å²) in [5.74, 6) is -1.16. The van der Waals surface area contributed by atoms with E-state index in [0.29, 0.717) is 10.0 Å². The van der Waals surface area contributed by atoms with Crippen molar-refractivity contribution in [2.24, 2.45) is 0 Å². The number of halogens is 1. The van der Waals surface area contributed by atoms with Crippen molar-refractivity contribution < 1.29 is 19.4 Å². The van der Waals surface area contributed by atoms with Gasteiger partial charge in [0.2, 0.25) is 0 Å². The van der Waals surface area contributed by atoms with Crippen molar-refractivity contribution in [3.8, 4) is 0 Å². The fraction of sp³-hybridized carbons (Fsp3) is 0.125. The topological polar surface area (TPSA) is 75.6 Å². The second-order valence-corrected chi connectivity index (χ2v) is 5.35. The summed E-state index contributed by atoms with van der Waals surface area (Å²) in [5, 5.41) is 11.6. The third-order valence-electron chi connectivity index (χ3n) is 2.94. The molecular weight excluding hydrogens is 350 g/mol. The van der Waals surface area contributed by atoms with Gasteiger partial charge in [0.15, 0.2) is 6.04 Å². The van der Waals surface area contributed by atoms with E-state index in [4.69, 9.17) is 4.74 Å². The molecule has 22 heavy (non-hydrogen) atoms. The Bertz CT molecular complexity index is 660. The Hall–Kier alpha value is -2.34. The Kier molecular flexibility index (Phi) is 5.55. The molecule has 0 saturated carbocycles. The highest BCUT2D eigenvalue weighted by Crippen LogP contribution is 2.23. The van der Waals surface area contributed by atoms with Crippen molar-refractivity contribution in [2.75, 3.05) is 0 Å². The van der Waals surface area contributed by atoms with Crippen molar-refractivity contribution in [2.45, 2.75) is 12.6 Å². The highest BCUT2D eigenvalue weighted by molar-refractivity contribution is 9.10. The summed E-state index contributed by atoms with van der Waals surface area (Å²) >= 11 is 3.28. The number of benzene rings is 2. The molecule has 0 radical (unpaired) electrons. The van der Waals surface area contributed by atoms with E-state index in [9.17, 15) is 14.7 Å². The van der Waals surface area contributed by atoms with E-state index in [1.54, 1.807) is 24.3 Å². The molecule has 2 aromatic carbocycles. The molecule has 5 nitrogen and oxygen atoms in total. The molecule has 0 aromatic heterocycles. The van der Waals surface area contributed by atoms with Crippen LogP contribution in [0.25, 0.3) is 0 Å². The molecule has 0 unspecified atom stereocenters. The first-order valence-electron chi connectivity index (χ1n) is 6.52. The lowest BCUT2D eigenvalue weighted by molar-refractivity contribution is -0.139. The van der Waals surface area contributed by atoms with E-state index in [2.05, 4.69) is 21.2 Å². The zero-order valence-corrected chi connectivity index (χ0v) is 13.1. The van der Waals surface area contributed by atoms with Crippen LogP contribution < -0.4 is 5.32 Å². The quantitative estimate of drug-likeness (QED) is 0.852. The van der Waals surface area contributed by atoms with Gasteiger partial charge in [0.25, 0.3) is 0 Å². The lowest BCUT2D eigenvalue weighted by Crippen LogP contribution is -2.34. The third kappa shape index (κ3) is 4.33. The standard InChI is InChI=1S/C16H14BrNO4/c17-13-9-5-4-8-12(13)14(15(19)20)18-16(21)22-10-11-6-2-1-3-7-11/h1-9,14H,10H2,(H,18,21)(H,19,20)/t14-/m0/s1. The smallest absolute Gasteiger partial charge is 0.408 e. The fourth-order valence-corrected chi connectivity index (χ4v) is 2.38. The van der Waals surface area contributed by atoms with Gasteiger partial charge in [-0.25, -0.2) is 9.59 Å². The normalized spacial score (nSPS) is 11.5. The number of carboxylic acid groups (broad SMARTS) is 1. The number of amides is 1. The van der Waals surface area contributed by atoms with Gasteiger partial charge < -0.3 is 15.2 Å². The highest BCUT2D eigenvalue weighted by Gasteiger charge is 2.24. The number of nitrogens with one attached hydrogen (secondary N) is 1. The van der Waals surface area contributed by atoms with Gasteiger partial charge in [-0.2, -0.15) is 0 Å². The third-order valence-corrected chi connectivity index (χ3v) is 3.66. The van der Waals surface area contributed by atoms with Crippen molar-refractivity contribution in [1.82, 2.24) is 5.32 Å². The van der Waals surface area contributed by atoms with Gasteiger partial charge in [-0.15, -0.1) is 0 Å². The van der Waals surface area contributed by atoms with Gasteiger partial charge in [-0.05, 0) is 17.2 Å². The number of alkyl carbamates (subject to hydrolysis) is 1. The molecular formula is C16H14BrNO4. The molecule has 2 aromatic rings. The Labute approximate surface area is 136 Å². The van der Waals surface area contributed by atoms with Crippen LogP contribution in [-0.2, 0) is 16.1 Å². The molecule has 0 saturated heterocycles. The number of aliphatic carboxylic acids is 1. The molecule has 0 aliphatic heterocycles. The summed E-state index contributed by atoms with van der Waals surface area (Å²) in [5.41, 5.74) is 1.28. The Morgan fingerprint density at radius 1 is 1.09 bits per heavy atom. The summed E-state index contributed by atoms with van der Waals surface area (Å²) in [6.07, 6.45) is -0.785. The number of rotatable bonds is 5. The predicted molar refractivity (Wildman–Crippen MR) is 84.3 cm³/mol. The van der Waals surface area contributed by atoms with Gasteiger partial charge >= 0.3 is 12.1 Å². The second-order valence-electron chi connectivity index (χ2n) is 4.50. The van der Waals surface area contributed by atoms with Crippen LogP contribution in [0.15, 0.2) is 59.1 Å². The molecule has 0 aliphatic carbocycles. The SMILES string of the molecule is O=C(N[C@H](C(=O)O)c1ccccc1Br)OCc1ccccc1. The zero-order valence-electron chi connectivity index (χ0n) is 11.5. The van der Waals surface area contributed by atoms with Gasteiger partial charge in [0.05, 0.1) is 0 Å². The summed E-state index contributed by atoms with van der Waals surface area (Å²) in [6.45, 7) is 0.0783. The average Bonchev–Trinajstić information content (AvgIpc) is 2.52. The van der Waals surface area contributed by atoms with Crippen LogP contribution in [0.2, 0.25) is 0 Å². The lowest BCUT2D eigenvalue weighted by Gasteiger charge is -2.16. The maximum absolute atomic E-state index is 11.8. The summed E-state index contributed by atoms with van der Waals surface area (Å²) in [6, 6.07) is 14.8. The fourth-order valence-electron chi connectivity index (χ4n) is 1.86. The Balaban J connectivity index is 2.01. The monoisotopic (exact) mass is 363 g/mol. The molecule has 1 amide bonds. The lowest BCUT2D eigenvalue weighted by atomic mass is 10.1. The second kappa shape index (κ2) is 7.61. The van der Waals surface area contributed by atoms with Crippen LogP contribution in [-0.4, -0.2) is 17.2 Å². The van der Waals surface area contributed by atoms with E-state index in [0.717, 1.165) is 5.56 Å². The molecule has 2 rings (SSSR count). The maximum atomic E-state index is 11.8. The van der Waals surface area contributed by atoms with Gasteiger partial charge in [-0.3, -0.25) is 0 Å². The minimum Gasteiger partial charge on any atom is -0.479 e. The van der Waals surface area contributed by atoms with Crippen molar-refractivity contribution in [3.63, 3.8) is 0 Å². The van der Waals surface area contributed by atoms with E-state index in [1.165, 1.54) is 0 Å². The first kappa shape index (κ1) is 16.0. The van der Waals surface area contributed by atoms with Crippen LogP contribution >= 0.6 is 15.9 Å². The molecule has 0 heterocycles. The largest absolute Gasteiger partial charge is 0.479 e. The van der Waals surface area contributed by atoms with Crippen LogP contribution in [0.4, 0.5) is 4.79 Å². The van der Waals surface area contributed by atoms with Crippen LogP contribution in [0.5, 0.6) is 0 Å². The van der Waals surface area contributed by atoms with Gasteiger partial charge in [0, 0.05) is 4.47 Å². The molecule has 2 N–H and O–H groups in total. The molecule has 1 atom stereocenters. The first-order valence-corrected chi connectivity index (χ1v) is 7.31. The van der Waals surface area contributed by atoms with E-state index in [-0.39, 0.29) is 6.61 Å². The Morgan fingerprint density at radius 3 is 2.36 bits per heavy atom. The van der Waals surface area contributed by atoms with Crippen LogP contribution in [0.3, 0.4) is 0 Å². The summed E-state index contributed by atoms with van der Waals surface area (Å²) in [4.78, 5) is 23.2. The number of hydrogen-bond donors (Lipinski definition) is 2. The zero-order chi connectivity index (χ0) is 15.9. The number of carbonyl (C=O) groups is 2. The Morgan fingerprint density at radius 2 is 1.73 bits per heavy atom. The summed E-state index contributed by atoms with van der Waals surface area (Å²) in [7, 11) is 0. The highest BCUT2D eigenvalue weighted by atomic mass is 79.9. The molecule has 0 fully saturated rings. The molecule has 114 valence electrons. The molecule has 0 spiro atoms. The van der Waals surface area contributed by atoms with Crippen molar-refractivity contribution in [1.29, 1.82) is 0 Å². The van der Waals surface area contributed by atoms with Gasteiger partial charge in [0.1, 0.15) is 6.61 Å². The maximum Gasteiger partial charge on any atom is 0.408 e. The van der Waals surface area contributed by atoms with E-state index < -0.39 is 18.1 Å². The van der Waals surface area contributed by atoms with Crippen LogP contribution in [0, 0.1) is 0 Å². The average molecular weight is 364 g/mol. The number of carboxylic acids is 1. The molecule has 0 bridgehead atoms. The van der Waals surface area contributed by atoms with Gasteiger partial charge in [-0.1, -0.05) is 64.5 Å². The number of carbonyl (C=O) groups excluding carboxylic acids is 1. The first-order chi connectivity index (χ1) is 10.6. The minimum absolute atomic E-state index is 0.0783.